The van der Waals surface area contributed by atoms with Crippen LogP contribution in [0.5, 0.6) is 5.75 Å². The number of benzene rings is 2. The summed E-state index contributed by atoms with van der Waals surface area (Å²) in [7, 11) is 0. The SMILES string of the molecule is Oc1ccc(N2Cc3ccccc3C=N2)cc1. The number of phenolic OH excluding ortho intramolecular Hbond substituents is 1. The molecule has 3 heteroatoms. The molecule has 1 aliphatic heterocycles. The van der Waals surface area contributed by atoms with E-state index < -0.39 is 0 Å². The number of aromatic hydroxyl groups is 1. The molecule has 1 heterocycles. The van der Waals surface area contributed by atoms with Gasteiger partial charge in [-0.25, -0.2) is 0 Å². The molecule has 0 amide bonds. The van der Waals surface area contributed by atoms with Crippen molar-refractivity contribution in [2.45, 2.75) is 6.54 Å². The van der Waals surface area contributed by atoms with Crippen molar-refractivity contribution < 1.29 is 5.11 Å². The summed E-state index contributed by atoms with van der Waals surface area (Å²) < 4.78 is 0. The molecule has 1 N–H and O–H groups in total. The first kappa shape index (κ1) is 9.90. The van der Waals surface area contributed by atoms with Crippen molar-refractivity contribution in [3.05, 3.63) is 59.7 Å². The third-order valence-corrected chi connectivity index (χ3v) is 2.86. The summed E-state index contributed by atoms with van der Waals surface area (Å²) in [5.41, 5.74) is 3.41. The van der Waals surface area contributed by atoms with Crippen molar-refractivity contribution in [3.63, 3.8) is 0 Å². The second kappa shape index (κ2) is 3.94. The molecule has 0 saturated heterocycles. The fourth-order valence-electron chi connectivity index (χ4n) is 1.92. The molecule has 0 bridgehead atoms. The largest absolute Gasteiger partial charge is 0.508 e. The number of anilines is 1. The zero-order valence-electron chi connectivity index (χ0n) is 9.24. The molecule has 3 nitrogen and oxygen atoms in total. The molecule has 0 saturated carbocycles. The molecule has 0 fully saturated rings. The number of rotatable bonds is 1. The molecule has 0 aromatic heterocycles. The monoisotopic (exact) mass is 224 g/mol. The number of hydrogen-bond donors (Lipinski definition) is 1. The Bertz CT molecular complexity index is 561. The molecule has 0 atom stereocenters. The fourth-order valence-corrected chi connectivity index (χ4v) is 1.92. The highest BCUT2D eigenvalue weighted by molar-refractivity contribution is 5.84. The van der Waals surface area contributed by atoms with Gasteiger partial charge in [0.15, 0.2) is 0 Å². The van der Waals surface area contributed by atoms with Crippen LogP contribution in [0.4, 0.5) is 5.69 Å². The van der Waals surface area contributed by atoms with E-state index in [-0.39, 0.29) is 5.75 Å². The van der Waals surface area contributed by atoms with Crippen molar-refractivity contribution >= 4 is 11.9 Å². The average molecular weight is 224 g/mol. The van der Waals surface area contributed by atoms with Gasteiger partial charge in [0.25, 0.3) is 0 Å². The van der Waals surface area contributed by atoms with E-state index in [4.69, 9.17) is 0 Å². The summed E-state index contributed by atoms with van der Waals surface area (Å²) in [5.74, 6) is 0.273. The van der Waals surface area contributed by atoms with Crippen molar-refractivity contribution in [1.29, 1.82) is 0 Å². The van der Waals surface area contributed by atoms with Crippen LogP contribution >= 0.6 is 0 Å². The van der Waals surface area contributed by atoms with E-state index >= 15 is 0 Å². The minimum absolute atomic E-state index is 0.273. The standard InChI is InChI=1S/C14H12N2O/c17-14-7-5-13(6-8-14)16-10-12-4-2-1-3-11(12)9-15-16/h1-9,17H,10H2. The maximum Gasteiger partial charge on any atom is 0.115 e. The van der Waals surface area contributed by atoms with Gasteiger partial charge < -0.3 is 5.11 Å². The van der Waals surface area contributed by atoms with Crippen molar-refractivity contribution in [3.8, 4) is 5.75 Å². The number of hydrogen-bond acceptors (Lipinski definition) is 3. The Morgan fingerprint density at radius 1 is 1.00 bits per heavy atom. The van der Waals surface area contributed by atoms with Crippen molar-refractivity contribution in [2.24, 2.45) is 5.10 Å². The zero-order valence-corrected chi connectivity index (χ0v) is 9.24. The van der Waals surface area contributed by atoms with E-state index in [1.165, 1.54) is 11.1 Å². The zero-order chi connectivity index (χ0) is 11.7. The van der Waals surface area contributed by atoms with Gasteiger partial charge in [-0.3, -0.25) is 5.01 Å². The van der Waals surface area contributed by atoms with Gasteiger partial charge in [0.2, 0.25) is 0 Å². The summed E-state index contributed by atoms with van der Waals surface area (Å²) >= 11 is 0. The summed E-state index contributed by atoms with van der Waals surface area (Å²) in [4.78, 5) is 0. The molecule has 17 heavy (non-hydrogen) atoms. The van der Waals surface area contributed by atoms with E-state index in [0.717, 1.165) is 12.2 Å². The third kappa shape index (κ3) is 1.87. The lowest BCUT2D eigenvalue weighted by Gasteiger charge is -2.23. The van der Waals surface area contributed by atoms with Gasteiger partial charge in [-0.1, -0.05) is 24.3 Å². The highest BCUT2D eigenvalue weighted by atomic mass is 16.3. The van der Waals surface area contributed by atoms with E-state index in [1.54, 1.807) is 12.1 Å². The maximum atomic E-state index is 9.26. The molecule has 3 rings (SSSR count). The van der Waals surface area contributed by atoms with Crippen molar-refractivity contribution in [1.82, 2.24) is 0 Å². The average Bonchev–Trinajstić information content (AvgIpc) is 2.39. The predicted molar refractivity (Wildman–Crippen MR) is 68.3 cm³/mol. The predicted octanol–water partition coefficient (Wildman–Crippen LogP) is 2.75. The lowest BCUT2D eigenvalue weighted by molar-refractivity contribution is 0.475. The lowest BCUT2D eigenvalue weighted by Crippen LogP contribution is -2.20. The molecule has 2 aromatic carbocycles. The molecule has 0 spiro atoms. The smallest absolute Gasteiger partial charge is 0.115 e. The highest BCUT2D eigenvalue weighted by Crippen LogP contribution is 2.23. The van der Waals surface area contributed by atoms with Crippen molar-refractivity contribution in [2.75, 3.05) is 5.01 Å². The van der Waals surface area contributed by atoms with Gasteiger partial charge in [-0.05, 0) is 35.4 Å². The van der Waals surface area contributed by atoms with Crippen LogP contribution in [-0.2, 0) is 6.54 Å². The molecule has 0 unspecified atom stereocenters. The summed E-state index contributed by atoms with van der Waals surface area (Å²) in [6.07, 6.45) is 1.87. The molecule has 1 aliphatic rings. The molecular formula is C14H12N2O. The van der Waals surface area contributed by atoms with Crippen LogP contribution < -0.4 is 5.01 Å². The van der Waals surface area contributed by atoms with E-state index in [2.05, 4.69) is 17.2 Å². The van der Waals surface area contributed by atoms with Gasteiger partial charge in [0.1, 0.15) is 5.75 Å². The van der Waals surface area contributed by atoms with Crippen LogP contribution in [0.25, 0.3) is 0 Å². The molecule has 0 radical (unpaired) electrons. The quantitative estimate of drug-likeness (QED) is 0.808. The minimum Gasteiger partial charge on any atom is -0.508 e. The summed E-state index contributed by atoms with van der Waals surface area (Å²) in [6, 6.07) is 15.3. The van der Waals surface area contributed by atoms with Crippen LogP contribution in [0, 0.1) is 0 Å². The Balaban J connectivity index is 1.92. The Morgan fingerprint density at radius 3 is 2.59 bits per heavy atom. The second-order valence-corrected chi connectivity index (χ2v) is 4.02. The van der Waals surface area contributed by atoms with E-state index in [0.29, 0.717) is 0 Å². The van der Waals surface area contributed by atoms with Gasteiger partial charge in [0.05, 0.1) is 18.4 Å². The van der Waals surface area contributed by atoms with E-state index in [9.17, 15) is 5.11 Å². The van der Waals surface area contributed by atoms with Gasteiger partial charge in [0, 0.05) is 0 Å². The molecular weight excluding hydrogens is 212 g/mol. The third-order valence-electron chi connectivity index (χ3n) is 2.86. The normalized spacial score (nSPS) is 13.5. The van der Waals surface area contributed by atoms with E-state index in [1.807, 2.05) is 35.5 Å². The number of phenols is 1. The van der Waals surface area contributed by atoms with Gasteiger partial charge in [-0.15, -0.1) is 0 Å². The van der Waals surface area contributed by atoms with Crippen LogP contribution in [0.15, 0.2) is 53.6 Å². The topological polar surface area (TPSA) is 35.8 Å². The second-order valence-electron chi connectivity index (χ2n) is 4.02. The van der Waals surface area contributed by atoms with Crippen LogP contribution in [0.3, 0.4) is 0 Å². The summed E-state index contributed by atoms with van der Waals surface area (Å²) in [6.45, 7) is 0.761. The first-order valence-corrected chi connectivity index (χ1v) is 5.51. The minimum atomic E-state index is 0.273. The molecule has 84 valence electrons. The number of hydrazone groups is 1. The number of fused-ring (bicyclic) bond motifs is 1. The Labute approximate surface area is 99.6 Å². The number of nitrogens with zero attached hydrogens (tertiary/aromatic N) is 2. The fraction of sp³-hybridized carbons (Fsp3) is 0.0714. The van der Waals surface area contributed by atoms with Gasteiger partial charge in [-0.2, -0.15) is 5.10 Å². The first-order chi connectivity index (χ1) is 8.33. The Hall–Kier alpha value is -2.29. The Kier molecular flexibility index (Phi) is 2.29. The van der Waals surface area contributed by atoms with Crippen LogP contribution in [0.2, 0.25) is 0 Å². The summed E-state index contributed by atoms with van der Waals surface area (Å²) in [5, 5.41) is 15.6. The molecule has 2 aromatic rings. The lowest BCUT2D eigenvalue weighted by atomic mass is 10.1. The maximum absolute atomic E-state index is 9.26. The first-order valence-electron chi connectivity index (χ1n) is 5.51. The highest BCUT2D eigenvalue weighted by Gasteiger charge is 2.12. The van der Waals surface area contributed by atoms with Crippen LogP contribution in [0.1, 0.15) is 11.1 Å². The Morgan fingerprint density at radius 2 is 1.76 bits per heavy atom. The molecule has 0 aliphatic carbocycles. The van der Waals surface area contributed by atoms with Crippen LogP contribution in [-0.4, -0.2) is 11.3 Å². The van der Waals surface area contributed by atoms with Gasteiger partial charge >= 0.3 is 0 Å².